The Hall–Kier alpha value is -0.700. The van der Waals surface area contributed by atoms with E-state index >= 15 is 0 Å². The Bertz CT molecular complexity index is 1150. The molecule has 1 saturated carbocycles. The molecule has 1 amide bonds. The number of phosphoric acid groups is 1. The molecule has 400 valence electrons. The Morgan fingerprint density at radius 2 is 0.746 bits per heavy atom. The Morgan fingerprint density at radius 1 is 0.463 bits per heavy atom. The smallest absolute Gasteiger partial charge is 0.393 e. The predicted molar refractivity (Wildman–Crippen MR) is 271 cm³/mol. The Kier molecular flexibility index (Phi) is 41.2. The lowest BCUT2D eigenvalue weighted by Gasteiger charge is -2.41. The SMILES string of the molecule is CCCCCCCCCCCCCCCCCCCCCC(O)C(COP(=O)(O)OC1C(O)C(O)C(O)C(O)C1O)NC(=O)CC(O)CCCCCCCCCCCCCCCCCCCC. The molecule has 1 rings (SSSR count). The Balaban J connectivity index is 2.40. The topological polar surface area (TPSA) is 226 Å². The second-order valence-electron chi connectivity index (χ2n) is 20.3. The summed E-state index contributed by atoms with van der Waals surface area (Å²) in [5.74, 6) is -0.553. The summed E-state index contributed by atoms with van der Waals surface area (Å²) in [4.78, 5) is 23.6. The number of aliphatic hydroxyl groups is 7. The van der Waals surface area contributed by atoms with E-state index in [-0.39, 0.29) is 12.8 Å². The molecule has 0 radical (unpaired) electrons. The molecule has 0 bridgehead atoms. The first-order chi connectivity index (χ1) is 32.3. The van der Waals surface area contributed by atoms with E-state index < -0.39 is 75.2 Å². The van der Waals surface area contributed by atoms with Crippen molar-refractivity contribution in [2.45, 2.75) is 326 Å². The van der Waals surface area contributed by atoms with Crippen molar-refractivity contribution in [1.29, 1.82) is 0 Å². The third-order valence-corrected chi connectivity index (χ3v) is 15.0. The van der Waals surface area contributed by atoms with E-state index in [0.29, 0.717) is 12.8 Å². The number of rotatable bonds is 48. The van der Waals surface area contributed by atoms with E-state index in [0.717, 1.165) is 51.4 Å². The van der Waals surface area contributed by atoms with Crippen molar-refractivity contribution in [3.8, 4) is 0 Å². The average Bonchev–Trinajstić information content (AvgIpc) is 3.30. The van der Waals surface area contributed by atoms with Crippen molar-refractivity contribution >= 4 is 13.7 Å². The van der Waals surface area contributed by atoms with E-state index in [4.69, 9.17) is 9.05 Å². The van der Waals surface area contributed by atoms with Gasteiger partial charge >= 0.3 is 7.82 Å². The van der Waals surface area contributed by atoms with Crippen molar-refractivity contribution in [2.75, 3.05) is 6.61 Å². The lowest BCUT2D eigenvalue weighted by molar-refractivity contribution is -0.220. The van der Waals surface area contributed by atoms with E-state index in [2.05, 4.69) is 19.2 Å². The highest BCUT2D eigenvalue weighted by Gasteiger charge is 2.51. The van der Waals surface area contributed by atoms with Crippen LogP contribution in [-0.2, 0) is 18.4 Å². The highest BCUT2D eigenvalue weighted by Crippen LogP contribution is 2.47. The van der Waals surface area contributed by atoms with Gasteiger partial charge in [-0.3, -0.25) is 13.8 Å². The molecule has 0 aromatic carbocycles. The standard InChI is InChI=1S/C53H106NO12P/c1-3-5-7-9-11-13-15-17-19-21-23-25-27-29-31-33-35-37-39-41-46(56)45(43-65-67(63,64)66-53-51(61)49(59)48(58)50(60)52(53)62)54-47(57)42-44(55)40-38-36-34-32-30-28-26-24-22-20-18-16-14-12-10-8-6-4-2/h44-46,48-53,55-56,58-62H,3-43H2,1-2H3,(H,54,57)(H,63,64). The maximum Gasteiger partial charge on any atom is 0.472 e. The fourth-order valence-electron chi connectivity index (χ4n) is 9.43. The monoisotopic (exact) mass is 980 g/mol. The van der Waals surface area contributed by atoms with Gasteiger partial charge in [0.05, 0.1) is 31.3 Å². The van der Waals surface area contributed by atoms with Crippen molar-refractivity contribution in [2.24, 2.45) is 0 Å². The fraction of sp³-hybridized carbons (Fsp3) is 0.981. The predicted octanol–water partition coefficient (Wildman–Crippen LogP) is 11.2. The van der Waals surface area contributed by atoms with Crippen LogP contribution < -0.4 is 5.32 Å². The molecule has 0 heterocycles. The lowest BCUT2D eigenvalue weighted by Crippen LogP contribution is -2.64. The highest BCUT2D eigenvalue weighted by atomic mass is 31.2. The summed E-state index contributed by atoms with van der Waals surface area (Å²) in [7, 11) is -5.12. The second kappa shape index (κ2) is 42.9. The van der Waals surface area contributed by atoms with Gasteiger partial charge in [-0.1, -0.05) is 251 Å². The molecule has 67 heavy (non-hydrogen) atoms. The van der Waals surface area contributed by atoms with Gasteiger partial charge in [-0.05, 0) is 12.8 Å². The van der Waals surface area contributed by atoms with Crippen molar-refractivity contribution in [3.63, 3.8) is 0 Å². The molecule has 0 spiro atoms. The third-order valence-electron chi connectivity index (χ3n) is 14.0. The van der Waals surface area contributed by atoms with Crippen molar-refractivity contribution in [3.05, 3.63) is 0 Å². The molecule has 13 nitrogen and oxygen atoms in total. The molecule has 0 aromatic heterocycles. The van der Waals surface area contributed by atoms with Crippen LogP contribution in [0.4, 0.5) is 0 Å². The summed E-state index contributed by atoms with van der Waals surface area (Å²) in [5, 5.41) is 75.0. The van der Waals surface area contributed by atoms with Crippen molar-refractivity contribution in [1.82, 2.24) is 5.32 Å². The van der Waals surface area contributed by atoms with Crippen LogP contribution in [0.3, 0.4) is 0 Å². The van der Waals surface area contributed by atoms with Crippen LogP contribution >= 0.6 is 7.82 Å². The number of carbonyl (C=O) groups is 1. The van der Waals surface area contributed by atoms with Crippen LogP contribution in [0.25, 0.3) is 0 Å². The van der Waals surface area contributed by atoms with Gasteiger partial charge in [-0.15, -0.1) is 0 Å². The van der Waals surface area contributed by atoms with Gasteiger partial charge in [0, 0.05) is 0 Å². The molecular formula is C53H106NO12P. The molecule has 8 unspecified atom stereocenters. The minimum atomic E-state index is -5.12. The van der Waals surface area contributed by atoms with Crippen LogP contribution in [0.2, 0.25) is 0 Å². The zero-order chi connectivity index (χ0) is 49.4. The molecule has 1 aliphatic rings. The molecule has 1 aliphatic carbocycles. The Labute approximate surface area is 409 Å². The summed E-state index contributed by atoms with van der Waals surface area (Å²) < 4.78 is 23.0. The highest BCUT2D eigenvalue weighted by molar-refractivity contribution is 7.47. The average molecular weight is 980 g/mol. The van der Waals surface area contributed by atoms with E-state index in [1.165, 1.54) is 180 Å². The minimum absolute atomic E-state index is 0.215. The van der Waals surface area contributed by atoms with Gasteiger partial charge in [0.25, 0.3) is 0 Å². The number of unbranched alkanes of at least 4 members (excludes halogenated alkanes) is 35. The zero-order valence-electron chi connectivity index (χ0n) is 42.8. The number of phosphoric ester groups is 1. The molecule has 0 aromatic rings. The molecule has 1 fully saturated rings. The summed E-state index contributed by atoms with van der Waals surface area (Å²) in [6.07, 6.45) is 32.8. The largest absolute Gasteiger partial charge is 0.472 e. The van der Waals surface area contributed by atoms with Gasteiger partial charge in [0.15, 0.2) is 0 Å². The molecule has 8 atom stereocenters. The molecular weight excluding hydrogens is 874 g/mol. The first kappa shape index (κ1) is 64.3. The molecule has 0 saturated heterocycles. The fourth-order valence-corrected chi connectivity index (χ4v) is 10.4. The Morgan fingerprint density at radius 3 is 1.07 bits per heavy atom. The normalized spacial score (nSPS) is 22.1. The van der Waals surface area contributed by atoms with Crippen molar-refractivity contribution < 1.29 is 59.0 Å². The number of nitrogens with one attached hydrogen (secondary N) is 1. The first-order valence-corrected chi connectivity index (χ1v) is 29.6. The van der Waals surface area contributed by atoms with Gasteiger partial charge in [-0.25, -0.2) is 4.57 Å². The quantitative estimate of drug-likeness (QED) is 0.0205. The summed E-state index contributed by atoms with van der Waals surface area (Å²) >= 11 is 0. The summed E-state index contributed by atoms with van der Waals surface area (Å²) in [6.45, 7) is 3.84. The maximum absolute atomic E-state index is 13.1. The first-order valence-electron chi connectivity index (χ1n) is 28.1. The molecule has 14 heteroatoms. The second-order valence-corrected chi connectivity index (χ2v) is 21.7. The summed E-state index contributed by atoms with van der Waals surface area (Å²) in [6, 6.07) is -1.15. The van der Waals surface area contributed by atoms with E-state index in [1.807, 2.05) is 0 Å². The number of amides is 1. The third kappa shape index (κ3) is 34.3. The van der Waals surface area contributed by atoms with Gasteiger partial charge in [0.2, 0.25) is 5.91 Å². The molecule has 9 N–H and O–H groups in total. The summed E-state index contributed by atoms with van der Waals surface area (Å²) in [5.41, 5.74) is 0. The number of hydrogen-bond donors (Lipinski definition) is 9. The lowest BCUT2D eigenvalue weighted by atomic mass is 9.85. The van der Waals surface area contributed by atoms with Crippen LogP contribution in [0.15, 0.2) is 0 Å². The molecule has 0 aliphatic heterocycles. The van der Waals surface area contributed by atoms with Gasteiger partial charge in [-0.2, -0.15) is 0 Å². The van der Waals surface area contributed by atoms with Crippen LogP contribution in [0, 0.1) is 0 Å². The van der Waals surface area contributed by atoms with Gasteiger partial charge in [0.1, 0.15) is 36.6 Å². The van der Waals surface area contributed by atoms with Crippen LogP contribution in [0.1, 0.15) is 271 Å². The number of carbonyl (C=O) groups excluding carboxylic acids is 1. The number of aliphatic hydroxyl groups excluding tert-OH is 7. The van der Waals surface area contributed by atoms with Crippen LogP contribution in [0.5, 0.6) is 0 Å². The number of hydrogen-bond acceptors (Lipinski definition) is 11. The maximum atomic E-state index is 13.1. The minimum Gasteiger partial charge on any atom is -0.393 e. The van der Waals surface area contributed by atoms with E-state index in [1.54, 1.807) is 0 Å². The van der Waals surface area contributed by atoms with Crippen LogP contribution in [-0.4, -0.2) is 108 Å². The van der Waals surface area contributed by atoms with E-state index in [9.17, 15) is 50.0 Å². The van der Waals surface area contributed by atoms with Gasteiger partial charge < -0.3 is 46.0 Å². The zero-order valence-corrected chi connectivity index (χ0v) is 43.7.